The van der Waals surface area contributed by atoms with Gasteiger partial charge in [-0.2, -0.15) is 0 Å². The molecule has 1 aliphatic heterocycles. The number of nitrogens with zero attached hydrogens (tertiary/aromatic N) is 1. The summed E-state index contributed by atoms with van der Waals surface area (Å²) in [5, 5.41) is 9.67. The van der Waals surface area contributed by atoms with Crippen LogP contribution in [0.4, 0.5) is 0 Å². The van der Waals surface area contributed by atoms with Crippen molar-refractivity contribution in [2.24, 2.45) is 5.73 Å². The molecular formula is C14H22N2O2. The molecule has 4 nitrogen and oxygen atoms in total. The summed E-state index contributed by atoms with van der Waals surface area (Å²) in [7, 11) is 0. The zero-order valence-corrected chi connectivity index (χ0v) is 10.9. The van der Waals surface area contributed by atoms with E-state index >= 15 is 0 Å². The lowest BCUT2D eigenvalue weighted by Gasteiger charge is -2.39. The quantitative estimate of drug-likeness (QED) is 0.819. The van der Waals surface area contributed by atoms with E-state index in [9.17, 15) is 5.11 Å². The number of aliphatic hydroxyl groups is 1. The molecule has 1 aromatic rings. The van der Waals surface area contributed by atoms with Gasteiger partial charge in [0.05, 0.1) is 25.4 Å². The highest BCUT2D eigenvalue weighted by Crippen LogP contribution is 2.21. The number of aliphatic hydroxyl groups excluding tert-OH is 1. The van der Waals surface area contributed by atoms with E-state index in [0.29, 0.717) is 12.6 Å². The minimum atomic E-state index is -0.702. The Morgan fingerprint density at radius 1 is 1.44 bits per heavy atom. The fraction of sp³-hybridized carbons (Fsp3) is 0.571. The van der Waals surface area contributed by atoms with Crippen molar-refractivity contribution in [2.45, 2.75) is 18.5 Å². The van der Waals surface area contributed by atoms with Gasteiger partial charge in [-0.25, -0.2) is 0 Å². The molecule has 0 radical (unpaired) electrons. The second kappa shape index (κ2) is 5.80. The van der Waals surface area contributed by atoms with Crippen molar-refractivity contribution in [3.05, 3.63) is 35.9 Å². The van der Waals surface area contributed by atoms with Crippen LogP contribution in [0.15, 0.2) is 30.3 Å². The summed E-state index contributed by atoms with van der Waals surface area (Å²) < 4.78 is 5.42. The van der Waals surface area contributed by atoms with Crippen LogP contribution in [0.25, 0.3) is 0 Å². The maximum absolute atomic E-state index is 9.67. The summed E-state index contributed by atoms with van der Waals surface area (Å²) >= 11 is 0. The van der Waals surface area contributed by atoms with Crippen LogP contribution in [-0.2, 0) is 10.3 Å². The van der Waals surface area contributed by atoms with Gasteiger partial charge in [0.1, 0.15) is 0 Å². The molecule has 1 saturated heterocycles. The van der Waals surface area contributed by atoms with Crippen LogP contribution < -0.4 is 5.73 Å². The van der Waals surface area contributed by atoms with E-state index in [1.807, 2.05) is 30.3 Å². The SMILES string of the molecule is CC1COCCN1CC(N)(CO)c1ccccc1. The van der Waals surface area contributed by atoms with Crippen LogP contribution in [0.3, 0.4) is 0 Å². The van der Waals surface area contributed by atoms with Crippen LogP contribution in [-0.4, -0.2) is 49.0 Å². The third-order valence-electron chi connectivity index (χ3n) is 3.62. The first kappa shape index (κ1) is 13.5. The average Bonchev–Trinajstić information content (AvgIpc) is 2.42. The molecule has 2 rings (SSSR count). The Morgan fingerprint density at radius 2 is 2.17 bits per heavy atom. The van der Waals surface area contributed by atoms with Gasteiger partial charge in [0.15, 0.2) is 0 Å². The Kier molecular flexibility index (Phi) is 4.35. The molecular weight excluding hydrogens is 228 g/mol. The van der Waals surface area contributed by atoms with Crippen LogP contribution in [0.1, 0.15) is 12.5 Å². The second-order valence-electron chi connectivity index (χ2n) is 5.07. The van der Waals surface area contributed by atoms with E-state index in [-0.39, 0.29) is 6.61 Å². The number of benzene rings is 1. The molecule has 2 unspecified atom stereocenters. The van der Waals surface area contributed by atoms with Crippen molar-refractivity contribution >= 4 is 0 Å². The number of rotatable bonds is 4. The van der Waals surface area contributed by atoms with Gasteiger partial charge in [-0.1, -0.05) is 30.3 Å². The van der Waals surface area contributed by atoms with Crippen molar-refractivity contribution in [1.29, 1.82) is 0 Å². The minimum absolute atomic E-state index is 0.0545. The van der Waals surface area contributed by atoms with Crippen molar-refractivity contribution in [3.8, 4) is 0 Å². The largest absolute Gasteiger partial charge is 0.394 e. The maximum atomic E-state index is 9.67. The average molecular weight is 250 g/mol. The van der Waals surface area contributed by atoms with E-state index in [1.54, 1.807) is 0 Å². The van der Waals surface area contributed by atoms with Crippen LogP contribution in [0.5, 0.6) is 0 Å². The molecule has 2 atom stereocenters. The molecule has 3 N–H and O–H groups in total. The van der Waals surface area contributed by atoms with Crippen molar-refractivity contribution in [3.63, 3.8) is 0 Å². The van der Waals surface area contributed by atoms with E-state index < -0.39 is 5.54 Å². The predicted molar refractivity (Wildman–Crippen MR) is 71.2 cm³/mol. The predicted octanol–water partition coefficient (Wildman–Crippen LogP) is 0.554. The Morgan fingerprint density at radius 3 is 2.78 bits per heavy atom. The van der Waals surface area contributed by atoms with Gasteiger partial charge in [-0.05, 0) is 12.5 Å². The highest BCUT2D eigenvalue weighted by atomic mass is 16.5. The zero-order chi connectivity index (χ0) is 13.0. The molecule has 0 amide bonds. The zero-order valence-electron chi connectivity index (χ0n) is 10.9. The Balaban J connectivity index is 2.12. The molecule has 0 bridgehead atoms. The molecule has 0 saturated carbocycles. The summed E-state index contributed by atoms with van der Waals surface area (Å²) in [6, 6.07) is 10.2. The van der Waals surface area contributed by atoms with E-state index in [0.717, 1.165) is 25.3 Å². The smallest absolute Gasteiger partial charge is 0.0773 e. The number of ether oxygens (including phenoxy) is 1. The van der Waals surface area contributed by atoms with Crippen molar-refractivity contribution in [2.75, 3.05) is 32.9 Å². The lowest BCUT2D eigenvalue weighted by molar-refractivity contribution is -0.0159. The minimum Gasteiger partial charge on any atom is -0.394 e. The standard InChI is InChI=1S/C14H22N2O2/c1-12-9-18-8-7-16(12)10-14(15,11-17)13-5-3-2-4-6-13/h2-6,12,17H,7-11,15H2,1H3. The first-order valence-corrected chi connectivity index (χ1v) is 6.43. The molecule has 0 aliphatic carbocycles. The Labute approximate surface area is 108 Å². The first-order valence-electron chi connectivity index (χ1n) is 6.43. The summed E-state index contributed by atoms with van der Waals surface area (Å²) in [4.78, 5) is 2.28. The Bertz CT molecular complexity index is 371. The highest BCUT2D eigenvalue weighted by Gasteiger charge is 2.32. The lowest BCUT2D eigenvalue weighted by atomic mass is 9.90. The van der Waals surface area contributed by atoms with E-state index in [4.69, 9.17) is 10.5 Å². The van der Waals surface area contributed by atoms with Gasteiger partial charge in [0.2, 0.25) is 0 Å². The summed E-state index contributed by atoms with van der Waals surface area (Å²) in [6.07, 6.45) is 0. The summed E-state index contributed by atoms with van der Waals surface area (Å²) in [6.45, 7) is 5.06. The van der Waals surface area contributed by atoms with Crippen molar-refractivity contribution in [1.82, 2.24) is 4.90 Å². The summed E-state index contributed by atoms with van der Waals surface area (Å²) in [5.41, 5.74) is 6.66. The van der Waals surface area contributed by atoms with Gasteiger partial charge in [0.25, 0.3) is 0 Å². The highest BCUT2D eigenvalue weighted by molar-refractivity contribution is 5.24. The normalized spacial score (nSPS) is 24.7. The molecule has 100 valence electrons. The van der Waals surface area contributed by atoms with Crippen LogP contribution in [0, 0.1) is 0 Å². The fourth-order valence-corrected chi connectivity index (χ4v) is 2.36. The molecule has 18 heavy (non-hydrogen) atoms. The van der Waals surface area contributed by atoms with Gasteiger partial charge < -0.3 is 15.6 Å². The molecule has 1 heterocycles. The van der Waals surface area contributed by atoms with Gasteiger partial charge in [0, 0.05) is 19.1 Å². The monoisotopic (exact) mass is 250 g/mol. The molecule has 1 fully saturated rings. The van der Waals surface area contributed by atoms with Crippen molar-refractivity contribution < 1.29 is 9.84 Å². The Hall–Kier alpha value is -0.940. The van der Waals surface area contributed by atoms with Crippen LogP contribution in [0.2, 0.25) is 0 Å². The molecule has 1 aromatic carbocycles. The number of hydrogen-bond donors (Lipinski definition) is 2. The molecule has 1 aliphatic rings. The van der Waals surface area contributed by atoms with Gasteiger partial charge in [-0.15, -0.1) is 0 Å². The van der Waals surface area contributed by atoms with Crippen LogP contribution >= 0.6 is 0 Å². The van der Waals surface area contributed by atoms with Gasteiger partial charge >= 0.3 is 0 Å². The number of hydrogen-bond acceptors (Lipinski definition) is 4. The maximum Gasteiger partial charge on any atom is 0.0773 e. The second-order valence-corrected chi connectivity index (χ2v) is 5.07. The molecule has 0 aromatic heterocycles. The molecule has 4 heteroatoms. The van der Waals surface area contributed by atoms with E-state index in [1.165, 1.54) is 0 Å². The number of nitrogens with two attached hydrogens (primary N) is 1. The third kappa shape index (κ3) is 2.90. The topological polar surface area (TPSA) is 58.7 Å². The summed E-state index contributed by atoms with van der Waals surface area (Å²) in [5.74, 6) is 0. The first-order chi connectivity index (χ1) is 8.65. The third-order valence-corrected chi connectivity index (χ3v) is 3.62. The fourth-order valence-electron chi connectivity index (χ4n) is 2.36. The molecule has 0 spiro atoms. The number of morpholine rings is 1. The van der Waals surface area contributed by atoms with Gasteiger partial charge in [-0.3, -0.25) is 4.90 Å². The lowest BCUT2D eigenvalue weighted by Crippen LogP contribution is -2.55. The van der Waals surface area contributed by atoms with E-state index in [2.05, 4.69) is 11.8 Å².